The van der Waals surface area contributed by atoms with E-state index in [1.165, 1.54) is 0 Å². The van der Waals surface area contributed by atoms with Crippen molar-refractivity contribution in [2.24, 2.45) is 5.92 Å². The third-order valence-electron chi connectivity index (χ3n) is 4.67. The Morgan fingerprint density at radius 2 is 2.10 bits per heavy atom. The summed E-state index contributed by atoms with van der Waals surface area (Å²) in [5.74, 6) is -0.0208. The molecule has 20 heavy (non-hydrogen) atoms. The zero-order valence-electron chi connectivity index (χ0n) is 13.4. The molecule has 6 heteroatoms. The minimum absolute atomic E-state index is 0.0159. The van der Waals surface area contributed by atoms with Crippen LogP contribution in [0.1, 0.15) is 34.1 Å². The van der Waals surface area contributed by atoms with Gasteiger partial charge in [-0.25, -0.2) is 0 Å². The van der Waals surface area contributed by atoms with Crippen molar-refractivity contribution in [2.75, 3.05) is 13.2 Å². The van der Waals surface area contributed by atoms with Gasteiger partial charge in [0.25, 0.3) is 0 Å². The molecule has 1 aliphatic rings. The van der Waals surface area contributed by atoms with Gasteiger partial charge in [0.1, 0.15) is 0 Å². The molecular weight excluding hydrogens is 290 g/mol. The van der Waals surface area contributed by atoms with Crippen LogP contribution in [0.15, 0.2) is 0 Å². The van der Waals surface area contributed by atoms with Gasteiger partial charge in [-0.15, -0.1) is 0 Å². The zero-order chi connectivity index (χ0) is 15.7. The van der Waals surface area contributed by atoms with Crippen LogP contribution < -0.4 is 0 Å². The molecular formula is C14H27NO3SSi. The molecule has 0 aliphatic carbocycles. The van der Waals surface area contributed by atoms with E-state index >= 15 is 0 Å². The predicted octanol–water partition coefficient (Wildman–Crippen LogP) is 3.13. The topological polar surface area (TPSA) is 49.8 Å². The summed E-state index contributed by atoms with van der Waals surface area (Å²) in [6.45, 7) is 14.0. The molecule has 116 valence electrons. The van der Waals surface area contributed by atoms with Crippen molar-refractivity contribution in [2.45, 2.75) is 58.3 Å². The Morgan fingerprint density at radius 3 is 2.50 bits per heavy atom. The molecule has 1 rings (SSSR count). The van der Waals surface area contributed by atoms with Gasteiger partial charge >= 0.3 is 0 Å². The van der Waals surface area contributed by atoms with Crippen molar-refractivity contribution >= 4 is 31.5 Å². The summed E-state index contributed by atoms with van der Waals surface area (Å²) >= 11 is 4.80. The number of rotatable bonds is 6. The third kappa shape index (κ3) is 3.80. The summed E-state index contributed by atoms with van der Waals surface area (Å²) in [5.41, 5.74) is 0. The second-order valence-electron chi connectivity index (χ2n) is 7.09. The van der Waals surface area contributed by atoms with Crippen LogP contribution in [-0.4, -0.2) is 48.5 Å². The van der Waals surface area contributed by atoms with Gasteiger partial charge in [-0.05, 0) is 30.4 Å². The zero-order valence-corrected chi connectivity index (χ0v) is 15.2. The molecule has 0 bridgehead atoms. The number of likely N-dealkylation sites (tertiary alicyclic amines) is 1. The summed E-state index contributed by atoms with van der Waals surface area (Å²) in [6.07, 6.45) is 0.474. The largest absolute Gasteiger partial charge is 0.502 e. The van der Waals surface area contributed by atoms with E-state index in [1.807, 2.05) is 6.92 Å². The maximum Gasteiger partial charge on any atom is 0.225 e. The van der Waals surface area contributed by atoms with Crippen LogP contribution in [0.2, 0.25) is 18.1 Å². The second kappa shape index (κ2) is 6.11. The molecule has 0 radical (unpaired) electrons. The minimum atomic E-state index is -1.77. The number of hydrogen-bond donors (Lipinski definition) is 1. The van der Waals surface area contributed by atoms with Crippen molar-refractivity contribution in [1.82, 2.24) is 4.90 Å². The Labute approximate surface area is 128 Å². The van der Waals surface area contributed by atoms with E-state index in [0.717, 1.165) is 0 Å². The highest BCUT2D eigenvalue weighted by molar-refractivity contribution is 7.80. The van der Waals surface area contributed by atoms with Gasteiger partial charge in [0.15, 0.2) is 13.4 Å². The molecule has 0 saturated carbocycles. The Kier molecular flexibility index (Phi) is 5.38. The number of hydrogen-bond acceptors (Lipinski definition) is 3. The summed E-state index contributed by atoms with van der Waals surface area (Å²) in [5, 5.41) is 9.55. The Hall–Kier alpha value is -0.463. The monoisotopic (exact) mass is 317 g/mol. The average Bonchev–Trinajstić information content (AvgIpc) is 2.28. The smallest absolute Gasteiger partial charge is 0.225 e. The minimum Gasteiger partial charge on any atom is -0.502 e. The van der Waals surface area contributed by atoms with Crippen LogP contribution in [0.25, 0.3) is 0 Å². The molecule has 1 aliphatic heterocycles. The lowest BCUT2D eigenvalue weighted by Crippen LogP contribution is -2.58. The fourth-order valence-electron chi connectivity index (χ4n) is 2.00. The SMILES string of the molecule is CC(C(O)=S)[C@H]1CC(=O)N1CCO[Si](C)(C)C(C)(C)C. The summed E-state index contributed by atoms with van der Waals surface area (Å²) in [4.78, 5) is 13.5. The number of aliphatic hydroxyl groups excluding tert-OH is 1. The first-order valence-corrected chi connectivity index (χ1v) is 10.5. The number of carbonyl (C=O) groups is 1. The predicted molar refractivity (Wildman–Crippen MR) is 87.7 cm³/mol. The van der Waals surface area contributed by atoms with Crippen molar-refractivity contribution in [3.05, 3.63) is 0 Å². The Morgan fingerprint density at radius 1 is 1.55 bits per heavy atom. The molecule has 0 aromatic rings. The van der Waals surface area contributed by atoms with E-state index in [2.05, 4.69) is 33.9 Å². The molecule has 1 fully saturated rings. The number of nitrogens with zero attached hydrogens (tertiary/aromatic N) is 1. The molecule has 1 saturated heterocycles. The molecule has 1 heterocycles. The molecule has 1 N–H and O–H groups in total. The van der Waals surface area contributed by atoms with Crippen LogP contribution in [-0.2, 0) is 9.22 Å². The first kappa shape index (κ1) is 17.6. The molecule has 2 atom stereocenters. The van der Waals surface area contributed by atoms with E-state index in [4.69, 9.17) is 16.6 Å². The van der Waals surface area contributed by atoms with Crippen molar-refractivity contribution < 1.29 is 14.3 Å². The van der Waals surface area contributed by atoms with Gasteiger partial charge in [0, 0.05) is 18.9 Å². The number of amides is 1. The fourth-order valence-corrected chi connectivity index (χ4v) is 3.19. The van der Waals surface area contributed by atoms with E-state index in [1.54, 1.807) is 4.90 Å². The van der Waals surface area contributed by atoms with Gasteiger partial charge in [0.2, 0.25) is 5.91 Å². The molecule has 4 nitrogen and oxygen atoms in total. The van der Waals surface area contributed by atoms with E-state index in [0.29, 0.717) is 19.6 Å². The number of β-lactam (4-membered cyclic amide) rings is 1. The van der Waals surface area contributed by atoms with Crippen LogP contribution in [0.5, 0.6) is 0 Å². The van der Waals surface area contributed by atoms with Gasteiger partial charge in [-0.3, -0.25) is 4.79 Å². The quantitative estimate of drug-likeness (QED) is 0.464. The first-order chi connectivity index (χ1) is 8.97. The Bertz CT molecular complexity index is 392. The fraction of sp³-hybridized carbons (Fsp3) is 0.857. The maximum atomic E-state index is 11.7. The lowest BCUT2D eigenvalue weighted by atomic mass is 9.90. The van der Waals surface area contributed by atoms with Crippen molar-refractivity contribution in [1.29, 1.82) is 0 Å². The summed E-state index contributed by atoms with van der Waals surface area (Å²) in [7, 11) is -1.77. The highest BCUT2D eigenvalue weighted by atomic mass is 32.1. The van der Waals surface area contributed by atoms with E-state index < -0.39 is 8.32 Å². The molecule has 0 spiro atoms. The molecule has 1 unspecified atom stereocenters. The lowest BCUT2D eigenvalue weighted by molar-refractivity contribution is -0.148. The Balaban J connectivity index is 2.49. The highest BCUT2D eigenvalue weighted by Crippen LogP contribution is 2.36. The molecule has 1 amide bonds. The average molecular weight is 318 g/mol. The highest BCUT2D eigenvalue weighted by Gasteiger charge is 2.42. The number of aliphatic hydroxyl groups is 1. The van der Waals surface area contributed by atoms with Crippen LogP contribution in [0.3, 0.4) is 0 Å². The van der Waals surface area contributed by atoms with Gasteiger partial charge in [-0.2, -0.15) is 0 Å². The van der Waals surface area contributed by atoms with Crippen LogP contribution in [0.4, 0.5) is 0 Å². The van der Waals surface area contributed by atoms with Crippen LogP contribution >= 0.6 is 12.2 Å². The van der Waals surface area contributed by atoms with Crippen LogP contribution in [0, 0.1) is 5.92 Å². The number of thiocarbonyl (C=S) groups is 1. The molecule has 0 aromatic heterocycles. The first-order valence-electron chi connectivity index (χ1n) is 7.13. The normalized spacial score (nSPS) is 21.6. The van der Waals surface area contributed by atoms with Gasteiger partial charge in [0.05, 0.1) is 12.6 Å². The second-order valence-corrected chi connectivity index (χ2v) is 12.3. The number of carbonyl (C=O) groups excluding carboxylic acids is 1. The molecule has 0 aromatic carbocycles. The van der Waals surface area contributed by atoms with Gasteiger partial charge in [-0.1, -0.05) is 27.7 Å². The standard InChI is InChI=1S/C14H27NO3SSi/c1-10(13(17)19)11-9-12(16)15(11)7-8-18-20(5,6)14(2,3)4/h10-11H,7-9H2,1-6H3,(H,17,19)/t10?,11-/m1/s1. The summed E-state index contributed by atoms with van der Waals surface area (Å²) in [6, 6.07) is 0.0306. The van der Waals surface area contributed by atoms with Crippen molar-refractivity contribution in [3.8, 4) is 0 Å². The third-order valence-corrected chi connectivity index (χ3v) is 9.58. The van der Waals surface area contributed by atoms with Crippen molar-refractivity contribution in [3.63, 3.8) is 0 Å². The maximum absolute atomic E-state index is 11.7. The summed E-state index contributed by atoms with van der Waals surface area (Å²) < 4.78 is 6.09. The van der Waals surface area contributed by atoms with E-state index in [-0.39, 0.29) is 28.0 Å². The van der Waals surface area contributed by atoms with Gasteiger partial charge < -0.3 is 14.4 Å². The van der Waals surface area contributed by atoms with E-state index in [9.17, 15) is 9.90 Å². The lowest BCUT2D eigenvalue weighted by Gasteiger charge is -2.44.